The molecule has 3 N–H and O–H groups in total. The van der Waals surface area contributed by atoms with Crippen molar-refractivity contribution in [1.29, 1.82) is 0 Å². The molecule has 6 heteroatoms. The van der Waals surface area contributed by atoms with Crippen molar-refractivity contribution >= 4 is 33.3 Å². The minimum Gasteiger partial charge on any atom is -0.390 e. The summed E-state index contributed by atoms with van der Waals surface area (Å²) in [7, 11) is 0. The Morgan fingerprint density at radius 2 is 1.76 bits per heavy atom. The fourth-order valence-corrected chi connectivity index (χ4v) is 4.82. The van der Waals surface area contributed by atoms with E-state index in [1.54, 1.807) is 11.3 Å². The Kier molecular flexibility index (Phi) is 4.50. The number of aromatic nitrogens is 1. The first kappa shape index (κ1) is 17.8. The number of aliphatic hydroxyl groups is 1. The first-order chi connectivity index (χ1) is 14.2. The maximum Gasteiger partial charge on any atom is 0.319 e. The Labute approximate surface area is 172 Å². The van der Waals surface area contributed by atoms with Gasteiger partial charge < -0.3 is 15.7 Å². The number of para-hydroxylation sites is 2. The average Bonchev–Trinajstić information content (AvgIpc) is 3.29. The highest BCUT2D eigenvalue weighted by Crippen LogP contribution is 2.35. The minimum atomic E-state index is -0.627. The zero-order valence-electron chi connectivity index (χ0n) is 15.5. The number of carbonyl (C=O) groups excluding carboxylic acids is 1. The standard InChI is InChI=1S/C23H19N3O2S/c27-19-13-14-7-1-2-8-15(14)21(19)26-23(28)25-17-10-4-3-9-16(17)22-24-18-11-5-6-12-20(18)29-22/h1-12,19,21,27H,13H2,(H2,25,26,28)/t19-,21+/m0/s1. The van der Waals surface area contributed by atoms with Crippen LogP contribution in [0, 0.1) is 0 Å². The Hall–Kier alpha value is -3.22. The molecule has 1 heterocycles. The van der Waals surface area contributed by atoms with Crippen LogP contribution in [-0.2, 0) is 6.42 Å². The van der Waals surface area contributed by atoms with Gasteiger partial charge in [-0.05, 0) is 35.4 Å². The summed E-state index contributed by atoms with van der Waals surface area (Å²) in [5.41, 5.74) is 4.54. The number of benzene rings is 3. The van der Waals surface area contributed by atoms with Crippen LogP contribution in [0.2, 0.25) is 0 Å². The molecule has 3 aromatic carbocycles. The molecule has 1 aliphatic carbocycles. The van der Waals surface area contributed by atoms with E-state index in [0.29, 0.717) is 12.1 Å². The fourth-order valence-electron chi connectivity index (χ4n) is 3.81. The Bertz CT molecular complexity index is 1170. The van der Waals surface area contributed by atoms with Crippen LogP contribution in [0.1, 0.15) is 17.2 Å². The SMILES string of the molecule is O=C(Nc1ccccc1-c1nc2ccccc2s1)N[C@@H]1c2ccccc2C[C@@H]1O. The normalized spacial score (nSPS) is 17.8. The molecule has 2 atom stereocenters. The van der Waals surface area contributed by atoms with Crippen LogP contribution >= 0.6 is 11.3 Å². The number of hydrogen-bond acceptors (Lipinski definition) is 4. The lowest BCUT2D eigenvalue weighted by Gasteiger charge is -2.19. The molecule has 29 heavy (non-hydrogen) atoms. The predicted molar refractivity (Wildman–Crippen MR) is 116 cm³/mol. The number of urea groups is 1. The van der Waals surface area contributed by atoms with Gasteiger partial charge in [-0.3, -0.25) is 0 Å². The largest absolute Gasteiger partial charge is 0.390 e. The molecule has 144 valence electrons. The molecule has 5 rings (SSSR count). The molecule has 0 radical (unpaired) electrons. The van der Waals surface area contributed by atoms with Crippen LogP contribution in [0.15, 0.2) is 72.8 Å². The summed E-state index contributed by atoms with van der Waals surface area (Å²) in [5, 5.41) is 17.1. The van der Waals surface area contributed by atoms with Crippen molar-refractivity contribution in [3.8, 4) is 10.6 Å². The lowest BCUT2D eigenvalue weighted by atomic mass is 10.1. The number of aliphatic hydroxyl groups excluding tert-OH is 1. The first-order valence-corrected chi connectivity index (χ1v) is 10.3. The fraction of sp³-hybridized carbons (Fsp3) is 0.130. The molecule has 0 spiro atoms. The molecular weight excluding hydrogens is 382 g/mol. The summed E-state index contributed by atoms with van der Waals surface area (Å²) in [6.45, 7) is 0. The van der Waals surface area contributed by atoms with E-state index in [1.807, 2.05) is 72.8 Å². The quantitative estimate of drug-likeness (QED) is 0.464. The third kappa shape index (κ3) is 3.37. The molecule has 2 amide bonds. The van der Waals surface area contributed by atoms with E-state index in [1.165, 1.54) is 0 Å². The number of hydrogen-bond donors (Lipinski definition) is 3. The number of thiazole rings is 1. The molecule has 1 aromatic heterocycles. The number of anilines is 1. The van der Waals surface area contributed by atoms with Crippen LogP contribution in [0.5, 0.6) is 0 Å². The summed E-state index contributed by atoms with van der Waals surface area (Å²) < 4.78 is 1.10. The molecule has 0 aliphatic heterocycles. The van der Waals surface area contributed by atoms with Gasteiger partial charge in [-0.1, -0.05) is 48.5 Å². The zero-order valence-corrected chi connectivity index (χ0v) is 16.3. The Morgan fingerprint density at radius 3 is 2.66 bits per heavy atom. The zero-order chi connectivity index (χ0) is 19.8. The van der Waals surface area contributed by atoms with Gasteiger partial charge in [0.15, 0.2) is 0 Å². The van der Waals surface area contributed by atoms with E-state index in [0.717, 1.165) is 31.9 Å². The lowest BCUT2D eigenvalue weighted by molar-refractivity contribution is 0.144. The minimum absolute atomic E-state index is 0.348. The van der Waals surface area contributed by atoms with Gasteiger partial charge in [0, 0.05) is 12.0 Å². The van der Waals surface area contributed by atoms with Gasteiger partial charge in [0.1, 0.15) is 5.01 Å². The number of nitrogens with one attached hydrogen (secondary N) is 2. The molecule has 0 saturated carbocycles. The third-order valence-electron chi connectivity index (χ3n) is 5.19. The van der Waals surface area contributed by atoms with Crippen LogP contribution in [-0.4, -0.2) is 22.2 Å². The van der Waals surface area contributed by atoms with Gasteiger partial charge in [-0.2, -0.15) is 0 Å². The van der Waals surface area contributed by atoms with Gasteiger partial charge in [0.05, 0.1) is 28.0 Å². The summed E-state index contributed by atoms with van der Waals surface area (Å²) in [6, 6.07) is 22.6. The second kappa shape index (κ2) is 7.31. The van der Waals surface area contributed by atoms with Crippen molar-refractivity contribution in [2.24, 2.45) is 0 Å². The van der Waals surface area contributed by atoms with Crippen molar-refractivity contribution in [2.45, 2.75) is 18.6 Å². The van der Waals surface area contributed by atoms with Crippen molar-refractivity contribution < 1.29 is 9.90 Å². The maximum atomic E-state index is 12.7. The van der Waals surface area contributed by atoms with E-state index in [2.05, 4.69) is 10.6 Å². The second-order valence-electron chi connectivity index (χ2n) is 7.08. The molecule has 0 unspecified atom stereocenters. The summed E-state index contributed by atoms with van der Waals surface area (Å²) >= 11 is 1.59. The van der Waals surface area contributed by atoms with E-state index in [9.17, 15) is 9.90 Å². The van der Waals surface area contributed by atoms with E-state index >= 15 is 0 Å². The summed E-state index contributed by atoms with van der Waals surface area (Å²) in [4.78, 5) is 17.4. The number of carbonyl (C=O) groups is 1. The Balaban J connectivity index is 1.39. The van der Waals surface area contributed by atoms with Crippen LogP contribution in [0.3, 0.4) is 0 Å². The van der Waals surface area contributed by atoms with Crippen molar-refractivity contribution in [3.05, 3.63) is 83.9 Å². The number of fused-ring (bicyclic) bond motifs is 2. The highest BCUT2D eigenvalue weighted by atomic mass is 32.1. The third-order valence-corrected chi connectivity index (χ3v) is 6.26. The second-order valence-corrected chi connectivity index (χ2v) is 8.11. The predicted octanol–water partition coefficient (Wildman–Crippen LogP) is 4.74. The van der Waals surface area contributed by atoms with Crippen molar-refractivity contribution in [2.75, 3.05) is 5.32 Å². The molecule has 4 aromatic rings. The average molecular weight is 401 g/mol. The van der Waals surface area contributed by atoms with Crippen LogP contribution < -0.4 is 10.6 Å². The van der Waals surface area contributed by atoms with Crippen LogP contribution in [0.4, 0.5) is 10.5 Å². The lowest BCUT2D eigenvalue weighted by Crippen LogP contribution is -2.36. The monoisotopic (exact) mass is 401 g/mol. The molecule has 0 bridgehead atoms. The van der Waals surface area contributed by atoms with Gasteiger partial charge in [0.25, 0.3) is 0 Å². The summed E-state index contributed by atoms with van der Waals surface area (Å²) in [5.74, 6) is 0. The first-order valence-electron chi connectivity index (χ1n) is 9.47. The molecule has 0 fully saturated rings. The van der Waals surface area contributed by atoms with Crippen LogP contribution in [0.25, 0.3) is 20.8 Å². The molecule has 0 saturated heterocycles. The molecule has 1 aliphatic rings. The van der Waals surface area contributed by atoms with Crippen molar-refractivity contribution in [3.63, 3.8) is 0 Å². The highest BCUT2D eigenvalue weighted by Gasteiger charge is 2.32. The highest BCUT2D eigenvalue weighted by molar-refractivity contribution is 7.21. The number of rotatable bonds is 3. The Morgan fingerprint density at radius 1 is 1.00 bits per heavy atom. The van der Waals surface area contributed by atoms with Gasteiger partial charge in [-0.25, -0.2) is 9.78 Å². The topological polar surface area (TPSA) is 74.2 Å². The molecule has 5 nitrogen and oxygen atoms in total. The van der Waals surface area contributed by atoms with E-state index in [4.69, 9.17) is 4.98 Å². The maximum absolute atomic E-state index is 12.7. The number of nitrogens with zero attached hydrogens (tertiary/aromatic N) is 1. The summed E-state index contributed by atoms with van der Waals surface area (Å²) in [6.07, 6.45) is -0.0821. The number of amides is 2. The van der Waals surface area contributed by atoms with Crippen molar-refractivity contribution in [1.82, 2.24) is 10.3 Å². The van der Waals surface area contributed by atoms with E-state index in [-0.39, 0.29) is 6.03 Å². The van der Waals surface area contributed by atoms with Gasteiger partial charge in [-0.15, -0.1) is 11.3 Å². The van der Waals surface area contributed by atoms with Gasteiger partial charge in [0.2, 0.25) is 0 Å². The van der Waals surface area contributed by atoms with E-state index < -0.39 is 12.1 Å². The van der Waals surface area contributed by atoms with Gasteiger partial charge >= 0.3 is 6.03 Å². The molecular formula is C23H19N3O2S. The smallest absolute Gasteiger partial charge is 0.319 e.